The van der Waals surface area contributed by atoms with Gasteiger partial charge in [0, 0.05) is 12.1 Å². The molecule has 1 atom stereocenters. The number of carboxylic acids is 1. The van der Waals surface area contributed by atoms with Crippen LogP contribution in [0.25, 0.3) is 0 Å². The van der Waals surface area contributed by atoms with Crippen molar-refractivity contribution in [2.24, 2.45) is 0 Å². The Balaban J connectivity index is 2.12. The van der Waals surface area contributed by atoms with Crippen LogP contribution < -0.4 is 0 Å². The first-order valence-corrected chi connectivity index (χ1v) is 6.76. The minimum atomic E-state index is -0.909. The number of nitrogens with zero attached hydrogens (tertiary/aromatic N) is 1. The van der Waals surface area contributed by atoms with Gasteiger partial charge in [-0.3, -0.25) is 4.79 Å². The summed E-state index contributed by atoms with van der Waals surface area (Å²) in [6.07, 6.45) is 3.38. The second kappa shape index (κ2) is 5.87. The summed E-state index contributed by atoms with van der Waals surface area (Å²) in [6.45, 7) is 2.65. The van der Waals surface area contributed by atoms with Gasteiger partial charge in [-0.1, -0.05) is 25.5 Å². The molecule has 102 valence electrons. The molecule has 19 heavy (non-hydrogen) atoms. The van der Waals surface area contributed by atoms with E-state index >= 15 is 0 Å². The van der Waals surface area contributed by atoms with E-state index in [-0.39, 0.29) is 5.91 Å². The first-order chi connectivity index (χ1) is 9.13. The number of hydrogen-bond donors (Lipinski definition) is 1. The number of benzene rings is 1. The van der Waals surface area contributed by atoms with Crippen molar-refractivity contribution in [1.82, 2.24) is 4.90 Å². The van der Waals surface area contributed by atoms with Crippen LogP contribution in [0.4, 0.5) is 0 Å². The van der Waals surface area contributed by atoms with E-state index in [0.717, 1.165) is 19.3 Å². The van der Waals surface area contributed by atoms with Gasteiger partial charge in [-0.2, -0.15) is 0 Å². The van der Waals surface area contributed by atoms with Crippen LogP contribution in [0.1, 0.15) is 42.1 Å². The van der Waals surface area contributed by atoms with Crippen LogP contribution in [-0.4, -0.2) is 34.5 Å². The molecule has 0 aliphatic carbocycles. The van der Waals surface area contributed by atoms with Crippen LogP contribution in [-0.2, 0) is 11.2 Å². The third kappa shape index (κ3) is 2.95. The molecule has 4 heteroatoms. The van der Waals surface area contributed by atoms with E-state index < -0.39 is 12.0 Å². The zero-order valence-corrected chi connectivity index (χ0v) is 11.1. The summed E-state index contributed by atoms with van der Waals surface area (Å²) in [5.74, 6) is -1.08. The summed E-state index contributed by atoms with van der Waals surface area (Å²) < 4.78 is 0. The molecule has 1 unspecified atom stereocenters. The van der Waals surface area contributed by atoms with Crippen LogP contribution >= 0.6 is 0 Å². The highest BCUT2D eigenvalue weighted by Crippen LogP contribution is 2.20. The first kappa shape index (κ1) is 13.6. The summed E-state index contributed by atoms with van der Waals surface area (Å²) >= 11 is 0. The molecule has 0 bridgehead atoms. The number of amides is 1. The van der Waals surface area contributed by atoms with Crippen molar-refractivity contribution >= 4 is 11.9 Å². The van der Waals surface area contributed by atoms with E-state index in [9.17, 15) is 9.59 Å². The van der Waals surface area contributed by atoms with Crippen molar-refractivity contribution in [3.8, 4) is 0 Å². The number of rotatable bonds is 4. The molecule has 1 aliphatic rings. The van der Waals surface area contributed by atoms with Crippen molar-refractivity contribution in [2.75, 3.05) is 6.54 Å². The van der Waals surface area contributed by atoms with Gasteiger partial charge in [0.2, 0.25) is 0 Å². The molecule has 2 rings (SSSR count). The number of aliphatic carboxylic acids is 1. The van der Waals surface area contributed by atoms with E-state index in [1.165, 1.54) is 10.5 Å². The quantitative estimate of drug-likeness (QED) is 0.905. The topological polar surface area (TPSA) is 57.6 Å². The fourth-order valence-corrected chi connectivity index (χ4v) is 2.54. The fourth-order valence-electron chi connectivity index (χ4n) is 2.54. The second-order valence-electron chi connectivity index (χ2n) is 4.94. The van der Waals surface area contributed by atoms with Gasteiger partial charge in [-0.15, -0.1) is 0 Å². The lowest BCUT2D eigenvalue weighted by Crippen LogP contribution is -2.40. The van der Waals surface area contributed by atoms with E-state index in [0.29, 0.717) is 18.5 Å². The molecule has 1 fully saturated rings. The Morgan fingerprint density at radius 1 is 1.32 bits per heavy atom. The highest BCUT2D eigenvalue weighted by atomic mass is 16.4. The monoisotopic (exact) mass is 261 g/mol. The van der Waals surface area contributed by atoms with Crippen molar-refractivity contribution in [3.05, 3.63) is 35.4 Å². The standard InChI is InChI=1S/C15H19NO3/c1-2-4-11-6-8-12(9-7-11)14(17)16-10-3-5-13(16)15(18)19/h6-9,13H,2-5,10H2,1H3,(H,18,19). The Labute approximate surface area is 113 Å². The van der Waals surface area contributed by atoms with Gasteiger partial charge in [-0.25, -0.2) is 4.79 Å². The van der Waals surface area contributed by atoms with Crippen LogP contribution in [0.2, 0.25) is 0 Å². The van der Waals surface area contributed by atoms with Crippen LogP contribution in [0.3, 0.4) is 0 Å². The number of carboxylic acid groups (broad SMARTS) is 1. The molecule has 0 radical (unpaired) electrons. The summed E-state index contributed by atoms with van der Waals surface area (Å²) in [6, 6.07) is 6.82. The van der Waals surface area contributed by atoms with Crippen LogP contribution in [0.5, 0.6) is 0 Å². The number of hydrogen-bond acceptors (Lipinski definition) is 2. The van der Waals surface area contributed by atoms with Gasteiger partial charge in [0.15, 0.2) is 0 Å². The highest BCUT2D eigenvalue weighted by molar-refractivity contribution is 5.97. The predicted octanol–water partition coefficient (Wildman–Crippen LogP) is 2.33. The molecule has 1 aliphatic heterocycles. The van der Waals surface area contributed by atoms with E-state index in [1.54, 1.807) is 12.1 Å². The number of carbonyl (C=O) groups excluding carboxylic acids is 1. The summed E-state index contributed by atoms with van der Waals surface area (Å²) in [7, 11) is 0. The van der Waals surface area contributed by atoms with Gasteiger partial charge < -0.3 is 10.0 Å². The minimum Gasteiger partial charge on any atom is -0.480 e. The Kier molecular flexibility index (Phi) is 4.20. The summed E-state index contributed by atoms with van der Waals surface area (Å²) in [5, 5.41) is 9.10. The van der Waals surface area contributed by atoms with Gasteiger partial charge in [0.05, 0.1) is 0 Å². The van der Waals surface area contributed by atoms with E-state index in [4.69, 9.17) is 5.11 Å². The third-order valence-corrected chi connectivity index (χ3v) is 3.54. The lowest BCUT2D eigenvalue weighted by atomic mass is 10.1. The van der Waals surface area contributed by atoms with E-state index in [1.807, 2.05) is 12.1 Å². The van der Waals surface area contributed by atoms with Crippen LogP contribution in [0.15, 0.2) is 24.3 Å². The van der Waals surface area contributed by atoms with Gasteiger partial charge in [-0.05, 0) is 37.0 Å². The average molecular weight is 261 g/mol. The Morgan fingerprint density at radius 3 is 2.58 bits per heavy atom. The average Bonchev–Trinajstić information content (AvgIpc) is 2.88. The molecule has 1 aromatic carbocycles. The Morgan fingerprint density at radius 2 is 2.00 bits per heavy atom. The molecule has 0 spiro atoms. The molecular weight excluding hydrogens is 242 g/mol. The third-order valence-electron chi connectivity index (χ3n) is 3.54. The number of likely N-dealkylation sites (tertiary alicyclic amines) is 1. The molecule has 1 heterocycles. The van der Waals surface area contributed by atoms with E-state index in [2.05, 4.69) is 6.92 Å². The number of carbonyl (C=O) groups is 2. The molecular formula is C15H19NO3. The maximum atomic E-state index is 12.3. The van der Waals surface area contributed by atoms with Crippen molar-refractivity contribution < 1.29 is 14.7 Å². The first-order valence-electron chi connectivity index (χ1n) is 6.76. The second-order valence-corrected chi connectivity index (χ2v) is 4.94. The summed E-state index contributed by atoms with van der Waals surface area (Å²) in [5.41, 5.74) is 1.78. The van der Waals surface area contributed by atoms with Crippen molar-refractivity contribution in [3.63, 3.8) is 0 Å². The largest absolute Gasteiger partial charge is 0.480 e. The normalized spacial score (nSPS) is 18.6. The smallest absolute Gasteiger partial charge is 0.326 e. The molecule has 4 nitrogen and oxygen atoms in total. The van der Waals surface area contributed by atoms with Gasteiger partial charge in [0.25, 0.3) is 5.91 Å². The van der Waals surface area contributed by atoms with Crippen molar-refractivity contribution in [1.29, 1.82) is 0 Å². The summed E-state index contributed by atoms with van der Waals surface area (Å²) in [4.78, 5) is 24.9. The molecule has 0 aromatic heterocycles. The molecule has 0 saturated carbocycles. The minimum absolute atomic E-state index is 0.173. The number of aryl methyl sites for hydroxylation is 1. The SMILES string of the molecule is CCCc1ccc(C(=O)N2CCCC2C(=O)O)cc1. The zero-order valence-electron chi connectivity index (χ0n) is 11.1. The highest BCUT2D eigenvalue weighted by Gasteiger charge is 2.34. The maximum Gasteiger partial charge on any atom is 0.326 e. The Bertz CT molecular complexity index is 467. The van der Waals surface area contributed by atoms with Gasteiger partial charge in [0.1, 0.15) is 6.04 Å². The lowest BCUT2D eigenvalue weighted by Gasteiger charge is -2.21. The molecule has 1 amide bonds. The van der Waals surface area contributed by atoms with Crippen LogP contribution in [0, 0.1) is 0 Å². The Hall–Kier alpha value is -1.84. The molecule has 1 aromatic rings. The molecule has 1 saturated heterocycles. The molecule has 1 N–H and O–H groups in total. The fraction of sp³-hybridized carbons (Fsp3) is 0.467. The zero-order chi connectivity index (χ0) is 13.8. The predicted molar refractivity (Wildman–Crippen MR) is 72.1 cm³/mol. The maximum absolute atomic E-state index is 12.3. The van der Waals surface area contributed by atoms with Crippen molar-refractivity contribution in [2.45, 2.75) is 38.6 Å². The lowest BCUT2D eigenvalue weighted by molar-refractivity contribution is -0.141. The van der Waals surface area contributed by atoms with Gasteiger partial charge >= 0.3 is 5.97 Å².